The number of rotatable bonds is 8. The van der Waals surface area contributed by atoms with E-state index in [1.807, 2.05) is 36.4 Å². The number of benzene rings is 2. The molecule has 3 N–H and O–H groups in total. The monoisotopic (exact) mass is 470 g/mol. The first-order valence-corrected chi connectivity index (χ1v) is 11.3. The Hall–Kier alpha value is -3.49. The van der Waals surface area contributed by atoms with Gasteiger partial charge < -0.3 is 20.5 Å². The van der Waals surface area contributed by atoms with Crippen molar-refractivity contribution in [1.29, 1.82) is 0 Å². The number of fused-ring (bicyclic) bond motifs is 3. The zero-order chi connectivity index (χ0) is 24.0. The number of nitrogens with one attached hydrogen (secondary N) is 2. The minimum absolute atomic E-state index is 0.0484. The molecule has 0 radical (unpaired) electrons. The van der Waals surface area contributed by atoms with Crippen LogP contribution < -0.4 is 10.6 Å². The number of aliphatic carboxylic acids is 1. The predicted molar refractivity (Wildman–Crippen MR) is 117 cm³/mol. The van der Waals surface area contributed by atoms with E-state index in [0.717, 1.165) is 22.3 Å². The van der Waals surface area contributed by atoms with Gasteiger partial charge in [-0.3, -0.25) is 9.59 Å². The van der Waals surface area contributed by atoms with Gasteiger partial charge in [-0.05, 0) is 34.6 Å². The molecule has 0 aliphatic heterocycles. The van der Waals surface area contributed by atoms with Crippen LogP contribution in [-0.2, 0) is 14.3 Å². The van der Waals surface area contributed by atoms with Gasteiger partial charge in [-0.15, -0.1) is 0 Å². The van der Waals surface area contributed by atoms with E-state index < -0.39 is 35.7 Å². The van der Waals surface area contributed by atoms with Crippen LogP contribution in [0.1, 0.15) is 23.5 Å². The molecule has 2 amide bonds. The standard InChI is InChI=1S/C25H24F2N2O5/c26-25(27)20(21(25)23(31)32)11-28-22(30)18-9-13(18)10-29-24(33)34-12-19-16-7-3-1-5-14(16)15-6-2-4-8-17(15)19/h1-8,13,18-21H,9-12H2,(H,28,30)(H,29,33)(H,31,32)/t13?,18?,20-,21-/m0/s1. The molecule has 2 aromatic carbocycles. The minimum atomic E-state index is -3.28. The predicted octanol–water partition coefficient (Wildman–Crippen LogP) is 3.24. The van der Waals surface area contributed by atoms with E-state index >= 15 is 0 Å². The summed E-state index contributed by atoms with van der Waals surface area (Å²) >= 11 is 0. The molecule has 2 unspecified atom stereocenters. The van der Waals surface area contributed by atoms with E-state index in [1.54, 1.807) is 0 Å². The van der Waals surface area contributed by atoms with Gasteiger partial charge in [0.2, 0.25) is 5.91 Å². The number of hydrogen-bond donors (Lipinski definition) is 3. The Bertz CT molecular complexity index is 1110. The van der Waals surface area contributed by atoms with Crippen LogP contribution in [0.4, 0.5) is 13.6 Å². The molecule has 3 aliphatic carbocycles. The van der Waals surface area contributed by atoms with E-state index in [0.29, 0.717) is 6.42 Å². The van der Waals surface area contributed by atoms with Gasteiger partial charge >= 0.3 is 12.1 Å². The van der Waals surface area contributed by atoms with Gasteiger partial charge in [0, 0.05) is 24.9 Å². The summed E-state index contributed by atoms with van der Waals surface area (Å²) in [6, 6.07) is 16.1. The lowest BCUT2D eigenvalue weighted by molar-refractivity contribution is -0.141. The van der Waals surface area contributed by atoms with Crippen LogP contribution in [0.2, 0.25) is 0 Å². The number of halogens is 2. The van der Waals surface area contributed by atoms with E-state index in [4.69, 9.17) is 9.84 Å². The highest BCUT2D eigenvalue weighted by Crippen LogP contribution is 2.55. The van der Waals surface area contributed by atoms with E-state index in [-0.39, 0.29) is 37.5 Å². The van der Waals surface area contributed by atoms with Crippen molar-refractivity contribution in [1.82, 2.24) is 10.6 Å². The summed E-state index contributed by atoms with van der Waals surface area (Å²) < 4.78 is 32.3. The number of carbonyl (C=O) groups excluding carboxylic acids is 2. The van der Waals surface area contributed by atoms with Crippen molar-refractivity contribution < 1.29 is 33.0 Å². The largest absolute Gasteiger partial charge is 0.481 e. The highest BCUT2D eigenvalue weighted by molar-refractivity contribution is 5.82. The van der Waals surface area contributed by atoms with Crippen LogP contribution in [0.15, 0.2) is 48.5 Å². The smallest absolute Gasteiger partial charge is 0.407 e. The molecular weight excluding hydrogens is 446 g/mol. The molecule has 2 fully saturated rings. The molecule has 0 saturated heterocycles. The van der Waals surface area contributed by atoms with Gasteiger partial charge in [0.15, 0.2) is 0 Å². The van der Waals surface area contributed by atoms with Crippen molar-refractivity contribution in [2.75, 3.05) is 19.7 Å². The molecule has 9 heteroatoms. The van der Waals surface area contributed by atoms with Crippen LogP contribution >= 0.6 is 0 Å². The molecule has 0 spiro atoms. The minimum Gasteiger partial charge on any atom is -0.481 e. The van der Waals surface area contributed by atoms with E-state index in [2.05, 4.69) is 22.8 Å². The lowest BCUT2D eigenvalue weighted by atomic mass is 9.98. The number of alkyl carbamates (subject to hydrolysis) is 1. The molecule has 4 atom stereocenters. The topological polar surface area (TPSA) is 105 Å². The van der Waals surface area contributed by atoms with Gasteiger partial charge in [0.05, 0.1) is 5.92 Å². The quantitative estimate of drug-likeness (QED) is 0.550. The molecule has 178 valence electrons. The molecule has 34 heavy (non-hydrogen) atoms. The Labute approximate surface area is 194 Å². The summed E-state index contributed by atoms with van der Waals surface area (Å²) in [6.45, 7) is 0.0622. The number of carboxylic acid groups (broad SMARTS) is 1. The van der Waals surface area contributed by atoms with Crippen LogP contribution in [0.5, 0.6) is 0 Å². The fraction of sp³-hybridized carbons (Fsp3) is 0.400. The van der Waals surface area contributed by atoms with Crippen molar-refractivity contribution in [2.24, 2.45) is 23.7 Å². The molecule has 3 aliphatic rings. The van der Waals surface area contributed by atoms with E-state index in [9.17, 15) is 23.2 Å². The zero-order valence-electron chi connectivity index (χ0n) is 18.2. The lowest BCUT2D eigenvalue weighted by Gasteiger charge is -2.14. The number of ether oxygens (including phenoxy) is 1. The van der Waals surface area contributed by atoms with Crippen LogP contribution in [0.25, 0.3) is 11.1 Å². The Morgan fingerprint density at radius 3 is 2.18 bits per heavy atom. The Balaban J connectivity index is 1.06. The van der Waals surface area contributed by atoms with Crippen molar-refractivity contribution in [3.05, 3.63) is 59.7 Å². The normalized spacial score (nSPS) is 25.6. The first-order chi connectivity index (χ1) is 16.3. The average Bonchev–Trinajstić information content (AvgIpc) is 3.67. The van der Waals surface area contributed by atoms with Gasteiger partial charge in [0.25, 0.3) is 5.92 Å². The van der Waals surface area contributed by atoms with Gasteiger partial charge in [0.1, 0.15) is 12.5 Å². The second kappa shape index (κ2) is 8.38. The van der Waals surface area contributed by atoms with Crippen molar-refractivity contribution in [3.8, 4) is 11.1 Å². The summed E-state index contributed by atoms with van der Waals surface area (Å²) in [5.41, 5.74) is 4.50. The molecule has 0 heterocycles. The van der Waals surface area contributed by atoms with Crippen LogP contribution in [-0.4, -0.2) is 48.7 Å². The molecule has 2 saturated carbocycles. The summed E-state index contributed by atoms with van der Waals surface area (Å²) in [4.78, 5) is 35.2. The Morgan fingerprint density at radius 2 is 1.59 bits per heavy atom. The summed E-state index contributed by atoms with van der Waals surface area (Å²) in [6.07, 6.45) is -0.0475. The molecule has 2 aromatic rings. The van der Waals surface area contributed by atoms with Gasteiger partial charge in [-0.1, -0.05) is 48.5 Å². The van der Waals surface area contributed by atoms with Gasteiger partial charge in [-0.25, -0.2) is 13.6 Å². The molecule has 7 nitrogen and oxygen atoms in total. The third-order valence-corrected chi connectivity index (χ3v) is 7.08. The average molecular weight is 470 g/mol. The third kappa shape index (κ3) is 3.99. The maximum absolute atomic E-state index is 13.4. The number of alkyl halides is 2. The van der Waals surface area contributed by atoms with Gasteiger partial charge in [-0.2, -0.15) is 0 Å². The second-order valence-electron chi connectivity index (χ2n) is 9.15. The number of carboxylic acids is 1. The van der Waals surface area contributed by atoms with Crippen LogP contribution in [0.3, 0.4) is 0 Å². The summed E-state index contributed by atoms with van der Waals surface area (Å²) in [5.74, 6) is -8.88. The Kier molecular flexibility index (Phi) is 5.50. The van der Waals surface area contributed by atoms with Crippen molar-refractivity contribution in [3.63, 3.8) is 0 Å². The molecule has 0 aromatic heterocycles. The molecular formula is C25H24F2N2O5. The SMILES string of the molecule is O=C(NCC1CC1C(=O)NC[C@H]1[C@@H](C(=O)O)C1(F)F)OCC1c2ccccc2-c2ccccc21. The zero-order valence-corrected chi connectivity index (χ0v) is 18.2. The number of carbonyl (C=O) groups is 3. The summed E-state index contributed by atoms with van der Waals surface area (Å²) in [5, 5.41) is 13.9. The fourth-order valence-electron chi connectivity index (χ4n) is 4.98. The van der Waals surface area contributed by atoms with Crippen molar-refractivity contribution in [2.45, 2.75) is 18.3 Å². The van der Waals surface area contributed by atoms with Crippen LogP contribution in [0, 0.1) is 23.7 Å². The number of amides is 2. The lowest BCUT2D eigenvalue weighted by Crippen LogP contribution is -2.31. The molecule has 0 bridgehead atoms. The highest BCUT2D eigenvalue weighted by atomic mass is 19.3. The molecule has 5 rings (SSSR count). The fourth-order valence-corrected chi connectivity index (χ4v) is 4.98. The summed E-state index contributed by atoms with van der Waals surface area (Å²) in [7, 11) is 0. The first kappa shape index (κ1) is 22.3. The van der Waals surface area contributed by atoms with E-state index in [1.165, 1.54) is 0 Å². The number of hydrogen-bond acceptors (Lipinski definition) is 4. The first-order valence-electron chi connectivity index (χ1n) is 11.3. The Morgan fingerprint density at radius 1 is 0.971 bits per heavy atom. The highest BCUT2D eigenvalue weighted by Gasteiger charge is 2.72. The third-order valence-electron chi connectivity index (χ3n) is 7.08. The van der Waals surface area contributed by atoms with Crippen molar-refractivity contribution >= 4 is 18.0 Å². The second-order valence-corrected chi connectivity index (χ2v) is 9.15. The maximum atomic E-state index is 13.4. The maximum Gasteiger partial charge on any atom is 0.407 e.